The normalized spacial score (nSPS) is 17.6. The number of methoxy groups -OCH3 is 1. The van der Waals surface area contributed by atoms with Crippen molar-refractivity contribution in [2.24, 2.45) is 0 Å². The molecule has 0 spiro atoms. The topological polar surface area (TPSA) is 54.4 Å². The Labute approximate surface area is 208 Å². The molecule has 6 heteroatoms. The van der Waals surface area contributed by atoms with Crippen LogP contribution < -0.4 is 14.4 Å². The molecule has 0 aliphatic carbocycles. The molecule has 3 aromatic carbocycles. The number of hydrogen-bond donors (Lipinski definition) is 1. The molecule has 35 heavy (non-hydrogen) atoms. The number of benzene rings is 3. The summed E-state index contributed by atoms with van der Waals surface area (Å²) >= 11 is 0. The molecule has 0 aromatic heterocycles. The van der Waals surface area contributed by atoms with Crippen LogP contribution in [0.3, 0.4) is 0 Å². The highest BCUT2D eigenvalue weighted by atomic mass is 16.5. The Bertz CT molecular complexity index is 1100. The molecule has 0 radical (unpaired) electrons. The third-order valence-electron chi connectivity index (χ3n) is 7.20. The van der Waals surface area contributed by atoms with Gasteiger partial charge in [-0.05, 0) is 65.1 Å². The molecule has 186 valence electrons. The van der Waals surface area contributed by atoms with E-state index in [0.29, 0.717) is 6.61 Å². The number of nitrogens with zero attached hydrogens (tertiary/aromatic N) is 2. The number of aliphatic hydroxyl groups is 1. The highest BCUT2D eigenvalue weighted by molar-refractivity contribution is 5.91. The van der Waals surface area contributed by atoms with E-state index < -0.39 is 0 Å². The Kier molecular flexibility index (Phi) is 7.72. The molecule has 5 rings (SSSR count). The number of fused-ring (bicyclic) bond motifs is 1. The maximum atomic E-state index is 10.0. The average Bonchev–Trinajstić information content (AvgIpc) is 2.91. The SMILES string of the molecule is COc1ccc2c(Cc3ccc(OCCN4CCOCC4)cc3)c(N3CCC(O)CC3)ccc2c1. The lowest BCUT2D eigenvalue weighted by atomic mass is 9.94. The number of morpholine rings is 1. The molecule has 0 unspecified atom stereocenters. The monoisotopic (exact) mass is 476 g/mol. The Morgan fingerprint density at radius 2 is 1.66 bits per heavy atom. The summed E-state index contributed by atoms with van der Waals surface area (Å²) in [5, 5.41) is 12.4. The van der Waals surface area contributed by atoms with E-state index >= 15 is 0 Å². The maximum Gasteiger partial charge on any atom is 0.119 e. The minimum absolute atomic E-state index is 0.185. The van der Waals surface area contributed by atoms with E-state index in [1.54, 1.807) is 7.11 Å². The van der Waals surface area contributed by atoms with Crippen molar-refractivity contribution in [2.45, 2.75) is 25.4 Å². The van der Waals surface area contributed by atoms with E-state index in [-0.39, 0.29) is 6.10 Å². The molecule has 0 bridgehead atoms. The van der Waals surface area contributed by atoms with Gasteiger partial charge in [0.05, 0.1) is 26.4 Å². The molecular weight excluding hydrogens is 440 g/mol. The second kappa shape index (κ2) is 11.3. The zero-order chi connectivity index (χ0) is 24.0. The fourth-order valence-electron chi connectivity index (χ4n) is 5.10. The van der Waals surface area contributed by atoms with E-state index in [0.717, 1.165) is 76.7 Å². The summed E-state index contributed by atoms with van der Waals surface area (Å²) < 4.78 is 16.9. The van der Waals surface area contributed by atoms with Crippen LogP contribution in [0.2, 0.25) is 0 Å². The van der Waals surface area contributed by atoms with Gasteiger partial charge in [-0.25, -0.2) is 0 Å². The van der Waals surface area contributed by atoms with Gasteiger partial charge in [-0.3, -0.25) is 4.90 Å². The van der Waals surface area contributed by atoms with E-state index in [2.05, 4.69) is 58.3 Å². The van der Waals surface area contributed by atoms with Gasteiger partial charge < -0.3 is 24.2 Å². The first-order valence-corrected chi connectivity index (χ1v) is 12.7. The molecule has 3 aromatic rings. The van der Waals surface area contributed by atoms with Gasteiger partial charge in [-0.15, -0.1) is 0 Å². The number of hydrogen-bond acceptors (Lipinski definition) is 6. The van der Waals surface area contributed by atoms with Gasteiger partial charge in [0.2, 0.25) is 0 Å². The quantitative estimate of drug-likeness (QED) is 0.528. The number of anilines is 1. The maximum absolute atomic E-state index is 10.0. The van der Waals surface area contributed by atoms with E-state index in [4.69, 9.17) is 14.2 Å². The van der Waals surface area contributed by atoms with Crippen LogP contribution in [0.15, 0.2) is 54.6 Å². The van der Waals surface area contributed by atoms with Gasteiger partial charge in [0.15, 0.2) is 0 Å². The van der Waals surface area contributed by atoms with Crippen LogP contribution in [-0.4, -0.2) is 75.8 Å². The van der Waals surface area contributed by atoms with Crippen LogP contribution in [0.25, 0.3) is 10.8 Å². The fourth-order valence-corrected chi connectivity index (χ4v) is 5.10. The summed E-state index contributed by atoms with van der Waals surface area (Å²) in [5.41, 5.74) is 3.84. The van der Waals surface area contributed by atoms with Crippen molar-refractivity contribution in [3.8, 4) is 11.5 Å². The summed E-state index contributed by atoms with van der Waals surface area (Å²) in [6, 6.07) is 19.3. The lowest BCUT2D eigenvalue weighted by Gasteiger charge is -2.33. The van der Waals surface area contributed by atoms with Crippen molar-refractivity contribution >= 4 is 16.5 Å². The average molecular weight is 477 g/mol. The number of ether oxygens (including phenoxy) is 3. The summed E-state index contributed by atoms with van der Waals surface area (Å²) in [6.07, 6.45) is 2.29. The lowest BCUT2D eigenvalue weighted by Crippen LogP contribution is -2.38. The Balaban J connectivity index is 1.33. The predicted molar refractivity (Wildman–Crippen MR) is 140 cm³/mol. The number of aliphatic hydroxyl groups excluding tert-OH is 1. The first-order chi connectivity index (χ1) is 17.2. The number of rotatable bonds is 8. The van der Waals surface area contributed by atoms with Crippen LogP contribution in [0.5, 0.6) is 11.5 Å². The predicted octanol–water partition coefficient (Wildman–Crippen LogP) is 4.11. The molecule has 6 nitrogen and oxygen atoms in total. The zero-order valence-corrected chi connectivity index (χ0v) is 20.6. The molecular formula is C29H36N2O4. The van der Waals surface area contributed by atoms with Gasteiger partial charge in [0.25, 0.3) is 0 Å². The minimum atomic E-state index is -0.185. The molecule has 1 N–H and O–H groups in total. The van der Waals surface area contributed by atoms with Crippen molar-refractivity contribution in [1.29, 1.82) is 0 Å². The fraction of sp³-hybridized carbons (Fsp3) is 0.448. The van der Waals surface area contributed by atoms with E-state index in [1.165, 1.54) is 27.6 Å². The highest BCUT2D eigenvalue weighted by Gasteiger charge is 2.21. The van der Waals surface area contributed by atoms with Crippen LogP contribution in [0.1, 0.15) is 24.0 Å². The molecule has 2 fully saturated rings. The second-order valence-electron chi connectivity index (χ2n) is 9.49. The molecule has 0 saturated carbocycles. The van der Waals surface area contributed by atoms with Gasteiger partial charge >= 0.3 is 0 Å². The Morgan fingerprint density at radius 1 is 0.914 bits per heavy atom. The minimum Gasteiger partial charge on any atom is -0.497 e. The largest absolute Gasteiger partial charge is 0.497 e. The summed E-state index contributed by atoms with van der Waals surface area (Å²) in [6.45, 7) is 6.98. The van der Waals surface area contributed by atoms with Crippen LogP contribution in [0.4, 0.5) is 5.69 Å². The van der Waals surface area contributed by atoms with Crippen molar-refractivity contribution in [3.63, 3.8) is 0 Å². The highest BCUT2D eigenvalue weighted by Crippen LogP contribution is 2.34. The van der Waals surface area contributed by atoms with Gasteiger partial charge in [0, 0.05) is 44.8 Å². The van der Waals surface area contributed by atoms with Crippen LogP contribution >= 0.6 is 0 Å². The van der Waals surface area contributed by atoms with Gasteiger partial charge in [0.1, 0.15) is 18.1 Å². The lowest BCUT2D eigenvalue weighted by molar-refractivity contribution is 0.0322. The third kappa shape index (κ3) is 5.89. The summed E-state index contributed by atoms with van der Waals surface area (Å²) in [4.78, 5) is 4.81. The Morgan fingerprint density at radius 3 is 2.40 bits per heavy atom. The molecule has 0 amide bonds. The molecule has 2 saturated heterocycles. The van der Waals surface area contributed by atoms with Crippen molar-refractivity contribution in [1.82, 2.24) is 4.90 Å². The summed E-state index contributed by atoms with van der Waals surface area (Å²) in [7, 11) is 1.71. The van der Waals surface area contributed by atoms with Crippen molar-refractivity contribution < 1.29 is 19.3 Å². The first kappa shape index (κ1) is 23.9. The molecule has 2 aliphatic heterocycles. The summed E-state index contributed by atoms with van der Waals surface area (Å²) in [5.74, 6) is 1.78. The molecule has 2 heterocycles. The van der Waals surface area contributed by atoms with Crippen molar-refractivity contribution in [3.05, 3.63) is 65.7 Å². The van der Waals surface area contributed by atoms with Crippen LogP contribution in [0, 0.1) is 0 Å². The third-order valence-corrected chi connectivity index (χ3v) is 7.20. The van der Waals surface area contributed by atoms with Crippen molar-refractivity contribution in [2.75, 3.05) is 64.6 Å². The second-order valence-corrected chi connectivity index (χ2v) is 9.49. The van der Waals surface area contributed by atoms with E-state index in [1.807, 2.05) is 6.07 Å². The zero-order valence-electron chi connectivity index (χ0n) is 20.6. The van der Waals surface area contributed by atoms with E-state index in [9.17, 15) is 5.11 Å². The first-order valence-electron chi connectivity index (χ1n) is 12.7. The standard InChI is InChI=1S/C29H36N2O4/c1-33-26-7-8-27-23(21-26)4-9-29(31-12-10-24(32)11-13-31)28(27)20-22-2-5-25(6-3-22)35-19-16-30-14-17-34-18-15-30/h2-9,21,24,32H,10-20H2,1H3. The number of piperidine rings is 1. The molecule has 0 atom stereocenters. The Hall–Kier alpha value is -2.80. The van der Waals surface area contributed by atoms with Crippen LogP contribution in [-0.2, 0) is 11.2 Å². The van der Waals surface area contributed by atoms with Gasteiger partial charge in [-0.1, -0.05) is 24.3 Å². The van der Waals surface area contributed by atoms with Gasteiger partial charge in [-0.2, -0.15) is 0 Å². The smallest absolute Gasteiger partial charge is 0.119 e. The molecule has 2 aliphatic rings.